The fourth-order valence-electron chi connectivity index (χ4n) is 4.08. The first-order valence-electron chi connectivity index (χ1n) is 8.50. The van der Waals surface area contributed by atoms with Crippen molar-refractivity contribution in [2.75, 3.05) is 6.54 Å². The molecule has 0 spiro atoms. The van der Waals surface area contributed by atoms with Gasteiger partial charge in [-0.15, -0.1) is 0 Å². The molecule has 0 heterocycles. The van der Waals surface area contributed by atoms with E-state index in [4.69, 9.17) is 4.74 Å². The predicted octanol–water partition coefficient (Wildman–Crippen LogP) is 3.99. The average molecular weight is 267 g/mol. The minimum atomic E-state index is 0.469. The molecule has 0 bridgehead atoms. The predicted molar refractivity (Wildman–Crippen MR) is 81.3 cm³/mol. The van der Waals surface area contributed by atoms with Crippen LogP contribution in [0.15, 0.2) is 0 Å². The van der Waals surface area contributed by atoms with Crippen LogP contribution in [0.5, 0.6) is 0 Å². The molecule has 2 saturated carbocycles. The fraction of sp³-hybridized carbons (Fsp3) is 1.00. The van der Waals surface area contributed by atoms with E-state index in [9.17, 15) is 0 Å². The van der Waals surface area contributed by atoms with Crippen molar-refractivity contribution >= 4 is 0 Å². The van der Waals surface area contributed by atoms with Gasteiger partial charge in [-0.3, -0.25) is 0 Å². The van der Waals surface area contributed by atoms with Gasteiger partial charge in [-0.2, -0.15) is 0 Å². The van der Waals surface area contributed by atoms with Crippen LogP contribution in [-0.4, -0.2) is 24.8 Å². The summed E-state index contributed by atoms with van der Waals surface area (Å²) in [5.41, 5.74) is 0. The second-order valence-electron chi connectivity index (χ2n) is 7.13. The molecule has 2 rings (SSSR count). The molecule has 19 heavy (non-hydrogen) atoms. The molecule has 112 valence electrons. The van der Waals surface area contributed by atoms with Crippen LogP contribution in [0, 0.1) is 17.8 Å². The van der Waals surface area contributed by atoms with E-state index in [2.05, 4.69) is 33.0 Å². The third-order valence-corrected chi connectivity index (χ3v) is 5.23. The lowest BCUT2D eigenvalue weighted by Crippen LogP contribution is -2.43. The van der Waals surface area contributed by atoms with E-state index in [0.717, 1.165) is 24.3 Å². The summed E-state index contributed by atoms with van der Waals surface area (Å²) in [7, 11) is 0. The Balaban J connectivity index is 1.94. The number of rotatable bonds is 5. The molecule has 2 aliphatic carbocycles. The number of ether oxygens (including phenoxy) is 1. The lowest BCUT2D eigenvalue weighted by atomic mass is 9.75. The molecule has 2 heteroatoms. The van der Waals surface area contributed by atoms with Gasteiger partial charge in [0.25, 0.3) is 0 Å². The summed E-state index contributed by atoms with van der Waals surface area (Å²) in [5.74, 6) is 2.38. The van der Waals surface area contributed by atoms with Crippen molar-refractivity contribution in [3.05, 3.63) is 0 Å². The van der Waals surface area contributed by atoms with E-state index >= 15 is 0 Å². The van der Waals surface area contributed by atoms with E-state index in [1.807, 2.05) is 0 Å². The van der Waals surface area contributed by atoms with Crippen LogP contribution in [0.1, 0.15) is 66.2 Å². The van der Waals surface area contributed by atoms with Crippen molar-refractivity contribution in [2.45, 2.75) is 84.5 Å². The number of likely N-dealkylation sites (N-methyl/N-ethyl adjacent to an activating group) is 1. The lowest BCUT2D eigenvalue weighted by Gasteiger charge is -2.39. The quantitative estimate of drug-likeness (QED) is 0.813. The minimum absolute atomic E-state index is 0.469. The van der Waals surface area contributed by atoms with Crippen molar-refractivity contribution in [2.24, 2.45) is 17.8 Å². The molecular formula is C17H33NO. The monoisotopic (exact) mass is 267 g/mol. The molecule has 2 aliphatic rings. The van der Waals surface area contributed by atoms with E-state index in [0.29, 0.717) is 18.2 Å². The zero-order valence-electron chi connectivity index (χ0n) is 13.3. The van der Waals surface area contributed by atoms with Crippen LogP contribution < -0.4 is 5.32 Å². The van der Waals surface area contributed by atoms with Gasteiger partial charge in [-0.05, 0) is 56.4 Å². The van der Waals surface area contributed by atoms with Crippen LogP contribution in [0.2, 0.25) is 0 Å². The van der Waals surface area contributed by atoms with Gasteiger partial charge in [0.15, 0.2) is 0 Å². The molecule has 0 amide bonds. The van der Waals surface area contributed by atoms with Crippen molar-refractivity contribution in [3.8, 4) is 0 Å². The Morgan fingerprint density at radius 1 is 1.11 bits per heavy atom. The first-order chi connectivity index (χ1) is 9.11. The summed E-state index contributed by atoms with van der Waals surface area (Å²) in [6, 6.07) is 0.607. The Labute approximate surface area is 119 Å². The van der Waals surface area contributed by atoms with Crippen molar-refractivity contribution in [1.29, 1.82) is 0 Å². The van der Waals surface area contributed by atoms with Crippen LogP contribution >= 0.6 is 0 Å². The second kappa shape index (κ2) is 7.08. The lowest BCUT2D eigenvalue weighted by molar-refractivity contribution is -0.0851. The van der Waals surface area contributed by atoms with Gasteiger partial charge in [0, 0.05) is 6.04 Å². The molecule has 0 aliphatic heterocycles. The van der Waals surface area contributed by atoms with Crippen LogP contribution in [0.25, 0.3) is 0 Å². The van der Waals surface area contributed by atoms with Crippen molar-refractivity contribution < 1.29 is 4.74 Å². The molecule has 5 unspecified atom stereocenters. The smallest absolute Gasteiger partial charge is 0.0731 e. The van der Waals surface area contributed by atoms with E-state index in [-0.39, 0.29) is 0 Å². The van der Waals surface area contributed by atoms with Gasteiger partial charge < -0.3 is 10.1 Å². The fourth-order valence-corrected chi connectivity index (χ4v) is 4.08. The highest BCUT2D eigenvalue weighted by Gasteiger charge is 2.36. The van der Waals surface area contributed by atoms with Gasteiger partial charge in [-0.25, -0.2) is 0 Å². The Morgan fingerprint density at radius 3 is 2.58 bits per heavy atom. The van der Waals surface area contributed by atoms with Crippen molar-refractivity contribution in [3.63, 3.8) is 0 Å². The molecule has 0 aromatic carbocycles. The highest BCUT2D eigenvalue weighted by molar-refractivity contribution is 4.88. The summed E-state index contributed by atoms with van der Waals surface area (Å²) in [6.07, 6.45) is 8.89. The summed E-state index contributed by atoms with van der Waals surface area (Å²) in [4.78, 5) is 0. The molecule has 0 saturated heterocycles. The molecule has 2 nitrogen and oxygen atoms in total. The maximum Gasteiger partial charge on any atom is 0.0731 e. The first kappa shape index (κ1) is 15.3. The van der Waals surface area contributed by atoms with E-state index < -0.39 is 0 Å². The van der Waals surface area contributed by atoms with E-state index in [1.54, 1.807) is 0 Å². The SMILES string of the molecule is CCNC1CCCC1OC1CC(C)CCC1C(C)C. The summed E-state index contributed by atoms with van der Waals surface area (Å²) in [6.45, 7) is 10.4. The molecular weight excluding hydrogens is 234 g/mol. The molecule has 0 aromatic rings. The van der Waals surface area contributed by atoms with Crippen molar-refractivity contribution in [1.82, 2.24) is 5.32 Å². The summed E-state index contributed by atoms with van der Waals surface area (Å²) < 4.78 is 6.60. The Kier molecular flexibility index (Phi) is 5.70. The molecule has 0 aromatic heterocycles. The van der Waals surface area contributed by atoms with E-state index in [1.165, 1.54) is 38.5 Å². The topological polar surface area (TPSA) is 21.3 Å². The molecule has 0 radical (unpaired) electrons. The highest BCUT2D eigenvalue weighted by atomic mass is 16.5. The third kappa shape index (κ3) is 3.95. The molecule has 2 fully saturated rings. The van der Waals surface area contributed by atoms with Crippen LogP contribution in [0.4, 0.5) is 0 Å². The molecule has 5 atom stereocenters. The van der Waals surface area contributed by atoms with Gasteiger partial charge in [0.05, 0.1) is 12.2 Å². The number of hydrogen-bond donors (Lipinski definition) is 1. The van der Waals surface area contributed by atoms with Gasteiger partial charge in [0.2, 0.25) is 0 Å². The highest BCUT2D eigenvalue weighted by Crippen LogP contribution is 2.37. The standard InChI is InChI=1S/C17H33NO/c1-5-18-15-7-6-8-16(15)19-17-11-13(4)9-10-14(17)12(2)3/h12-18H,5-11H2,1-4H3. The van der Waals surface area contributed by atoms with Crippen LogP contribution in [-0.2, 0) is 4.74 Å². The number of nitrogens with one attached hydrogen (secondary N) is 1. The maximum atomic E-state index is 6.60. The maximum absolute atomic E-state index is 6.60. The second-order valence-corrected chi connectivity index (χ2v) is 7.13. The summed E-state index contributed by atoms with van der Waals surface area (Å²) >= 11 is 0. The largest absolute Gasteiger partial charge is 0.373 e. The Morgan fingerprint density at radius 2 is 1.89 bits per heavy atom. The van der Waals surface area contributed by atoms with Gasteiger partial charge >= 0.3 is 0 Å². The Hall–Kier alpha value is -0.0800. The first-order valence-corrected chi connectivity index (χ1v) is 8.50. The van der Waals surface area contributed by atoms with Gasteiger partial charge in [0.1, 0.15) is 0 Å². The normalized spacial score (nSPS) is 39.9. The Bertz CT molecular complexity index is 266. The zero-order chi connectivity index (χ0) is 13.8. The van der Waals surface area contributed by atoms with Crippen LogP contribution in [0.3, 0.4) is 0 Å². The zero-order valence-corrected chi connectivity index (χ0v) is 13.3. The average Bonchev–Trinajstić information content (AvgIpc) is 2.77. The minimum Gasteiger partial charge on any atom is -0.373 e. The number of hydrogen-bond acceptors (Lipinski definition) is 2. The third-order valence-electron chi connectivity index (χ3n) is 5.23. The van der Waals surface area contributed by atoms with Gasteiger partial charge in [-0.1, -0.05) is 34.1 Å². The summed E-state index contributed by atoms with van der Waals surface area (Å²) in [5, 5.41) is 3.61. The molecule has 1 N–H and O–H groups in total.